The fourth-order valence-corrected chi connectivity index (χ4v) is 5.82. The van der Waals surface area contributed by atoms with Crippen molar-refractivity contribution in [2.24, 2.45) is 0 Å². The van der Waals surface area contributed by atoms with E-state index >= 15 is 0 Å². The molecule has 40 heavy (non-hydrogen) atoms. The van der Waals surface area contributed by atoms with Crippen LogP contribution in [0.25, 0.3) is 0 Å². The van der Waals surface area contributed by atoms with Gasteiger partial charge in [-0.15, -0.1) is 0 Å². The monoisotopic (exact) mass is 585 g/mol. The lowest BCUT2D eigenvalue weighted by Crippen LogP contribution is -2.51. The van der Waals surface area contributed by atoms with Crippen LogP contribution in [0, 0.1) is 13.8 Å². The maximum absolute atomic E-state index is 14.0. The van der Waals surface area contributed by atoms with E-state index in [1.165, 1.54) is 36.3 Å². The molecule has 0 aromatic heterocycles. The number of nitrogens with zero attached hydrogens (tertiary/aromatic N) is 2. The van der Waals surface area contributed by atoms with Crippen molar-refractivity contribution in [2.75, 3.05) is 24.5 Å². The summed E-state index contributed by atoms with van der Waals surface area (Å²) in [6.45, 7) is 7.43. The lowest BCUT2D eigenvalue weighted by Gasteiger charge is -2.32. The summed E-state index contributed by atoms with van der Waals surface area (Å²) in [6.07, 6.45) is 0.741. The first kappa shape index (κ1) is 31.0. The summed E-state index contributed by atoms with van der Waals surface area (Å²) in [5.74, 6) is -0.488. The molecule has 214 valence electrons. The van der Waals surface area contributed by atoms with E-state index < -0.39 is 28.5 Å². The molecule has 0 bridgehead atoms. The fourth-order valence-electron chi connectivity index (χ4n) is 4.16. The second-order valence-corrected chi connectivity index (χ2v) is 11.9. The van der Waals surface area contributed by atoms with Gasteiger partial charge in [0.15, 0.2) is 0 Å². The van der Waals surface area contributed by atoms with Gasteiger partial charge in [0, 0.05) is 13.1 Å². The zero-order valence-corrected chi connectivity index (χ0v) is 25.1. The molecule has 8 nitrogen and oxygen atoms in total. The molecule has 0 aliphatic heterocycles. The number of carbonyl (C=O) groups is 2. The number of benzene rings is 3. The Morgan fingerprint density at radius 3 is 2.30 bits per heavy atom. The van der Waals surface area contributed by atoms with Crippen LogP contribution < -0.4 is 14.4 Å². The van der Waals surface area contributed by atoms with Crippen LogP contribution in [-0.2, 0) is 26.2 Å². The molecule has 0 radical (unpaired) electrons. The highest BCUT2D eigenvalue weighted by molar-refractivity contribution is 7.92. The first-order valence-corrected chi connectivity index (χ1v) is 14.9. The molecule has 2 amide bonds. The standard InChI is InChI=1S/C30H36ClN3O5S/c1-6-16-32-30(36)23(4)33(19-24-9-7-8-22(3)17-24)29(35)20-34(25-12-15-28(39-5)27(31)18-25)40(37,38)26-13-10-21(2)11-14-26/h7-15,17-18,23H,6,16,19-20H2,1-5H3,(H,32,36). The summed E-state index contributed by atoms with van der Waals surface area (Å²) in [7, 11) is -2.73. The van der Waals surface area contributed by atoms with Gasteiger partial charge >= 0.3 is 0 Å². The summed E-state index contributed by atoms with van der Waals surface area (Å²) >= 11 is 6.36. The third-order valence-corrected chi connectivity index (χ3v) is 8.55. The van der Waals surface area contributed by atoms with Gasteiger partial charge in [-0.05, 0) is 63.1 Å². The number of carbonyl (C=O) groups excluding carboxylic acids is 2. The minimum Gasteiger partial charge on any atom is -0.495 e. The minimum absolute atomic E-state index is 0.0248. The van der Waals surface area contributed by atoms with E-state index in [0.717, 1.165) is 27.4 Å². The van der Waals surface area contributed by atoms with Gasteiger partial charge in [-0.25, -0.2) is 8.42 Å². The van der Waals surface area contributed by atoms with Gasteiger partial charge in [-0.2, -0.15) is 0 Å². The molecule has 1 N–H and O–H groups in total. The molecular formula is C30H36ClN3O5S. The summed E-state index contributed by atoms with van der Waals surface area (Å²) in [5.41, 5.74) is 2.91. The molecule has 0 aliphatic carbocycles. The molecule has 1 atom stereocenters. The van der Waals surface area contributed by atoms with E-state index in [4.69, 9.17) is 16.3 Å². The molecule has 0 heterocycles. The number of ether oxygens (including phenoxy) is 1. The van der Waals surface area contributed by atoms with Crippen molar-refractivity contribution in [3.8, 4) is 5.75 Å². The molecule has 3 aromatic carbocycles. The van der Waals surface area contributed by atoms with E-state index in [1.807, 2.05) is 45.0 Å². The Hall–Kier alpha value is -3.56. The molecule has 1 unspecified atom stereocenters. The number of hydrogen-bond acceptors (Lipinski definition) is 5. The van der Waals surface area contributed by atoms with Crippen LogP contribution in [0.5, 0.6) is 5.75 Å². The van der Waals surface area contributed by atoms with Crippen LogP contribution in [0.4, 0.5) is 5.69 Å². The predicted octanol–water partition coefficient (Wildman–Crippen LogP) is 5.10. The van der Waals surface area contributed by atoms with E-state index in [-0.39, 0.29) is 28.1 Å². The number of nitrogens with one attached hydrogen (secondary N) is 1. The van der Waals surface area contributed by atoms with Crippen LogP contribution in [0.3, 0.4) is 0 Å². The zero-order chi connectivity index (χ0) is 29.4. The van der Waals surface area contributed by atoms with Crippen LogP contribution in [0.1, 0.15) is 37.0 Å². The highest BCUT2D eigenvalue weighted by Crippen LogP contribution is 2.32. The Balaban J connectivity index is 2.06. The SMILES string of the molecule is CCCNC(=O)C(C)N(Cc1cccc(C)c1)C(=O)CN(c1ccc(OC)c(Cl)c1)S(=O)(=O)c1ccc(C)cc1. The van der Waals surface area contributed by atoms with E-state index in [1.54, 1.807) is 25.1 Å². The lowest BCUT2D eigenvalue weighted by molar-refractivity contribution is -0.139. The second-order valence-electron chi connectivity index (χ2n) is 9.62. The number of methoxy groups -OCH3 is 1. The number of halogens is 1. The van der Waals surface area contributed by atoms with Gasteiger partial charge in [0.25, 0.3) is 10.0 Å². The highest BCUT2D eigenvalue weighted by Gasteiger charge is 2.32. The first-order chi connectivity index (χ1) is 19.0. The molecule has 3 aromatic rings. The van der Waals surface area contributed by atoms with Crippen molar-refractivity contribution in [1.82, 2.24) is 10.2 Å². The van der Waals surface area contributed by atoms with Gasteiger partial charge in [0.05, 0.1) is 22.7 Å². The lowest BCUT2D eigenvalue weighted by atomic mass is 10.1. The minimum atomic E-state index is -4.19. The Kier molecular flexibility index (Phi) is 10.6. The molecule has 0 fully saturated rings. The Morgan fingerprint density at radius 1 is 1.00 bits per heavy atom. The van der Waals surface area contributed by atoms with Crippen molar-refractivity contribution in [3.63, 3.8) is 0 Å². The molecule has 0 saturated carbocycles. The normalized spacial score (nSPS) is 11.9. The first-order valence-electron chi connectivity index (χ1n) is 13.0. The molecule has 3 rings (SSSR count). The number of anilines is 1. The molecule has 0 aliphatic rings. The number of rotatable bonds is 12. The van der Waals surface area contributed by atoms with E-state index in [9.17, 15) is 18.0 Å². The summed E-state index contributed by atoms with van der Waals surface area (Å²) in [6, 6.07) is 17.7. The van der Waals surface area contributed by atoms with Crippen molar-refractivity contribution in [3.05, 3.63) is 88.4 Å². The summed E-state index contributed by atoms with van der Waals surface area (Å²) in [4.78, 5) is 28.3. The van der Waals surface area contributed by atoms with Gasteiger partial charge in [-0.1, -0.05) is 66.0 Å². The average molecular weight is 586 g/mol. The average Bonchev–Trinajstić information content (AvgIpc) is 2.93. The Morgan fingerprint density at radius 2 is 1.70 bits per heavy atom. The number of amides is 2. The molecule has 0 saturated heterocycles. The predicted molar refractivity (Wildman–Crippen MR) is 158 cm³/mol. The van der Waals surface area contributed by atoms with Gasteiger partial charge < -0.3 is 15.0 Å². The third kappa shape index (κ3) is 7.55. The van der Waals surface area contributed by atoms with E-state index in [0.29, 0.717) is 12.3 Å². The van der Waals surface area contributed by atoms with Crippen molar-refractivity contribution in [2.45, 2.75) is 51.6 Å². The number of hydrogen-bond donors (Lipinski definition) is 1. The molecule has 0 spiro atoms. The maximum atomic E-state index is 14.0. The van der Waals surface area contributed by atoms with Crippen LogP contribution in [-0.4, -0.2) is 51.4 Å². The zero-order valence-electron chi connectivity index (χ0n) is 23.5. The Bertz CT molecular complexity index is 1440. The largest absolute Gasteiger partial charge is 0.495 e. The number of aryl methyl sites for hydroxylation is 2. The fraction of sp³-hybridized carbons (Fsp3) is 0.333. The van der Waals surface area contributed by atoms with Crippen molar-refractivity contribution >= 4 is 39.1 Å². The van der Waals surface area contributed by atoms with E-state index in [2.05, 4.69) is 5.32 Å². The van der Waals surface area contributed by atoms with Gasteiger partial charge in [0.1, 0.15) is 18.3 Å². The Labute approximate surface area is 241 Å². The summed E-state index contributed by atoms with van der Waals surface area (Å²) < 4.78 is 34.1. The van der Waals surface area contributed by atoms with Crippen LogP contribution in [0.2, 0.25) is 5.02 Å². The topological polar surface area (TPSA) is 96.0 Å². The maximum Gasteiger partial charge on any atom is 0.264 e. The second kappa shape index (κ2) is 13.7. The molecule has 10 heteroatoms. The highest BCUT2D eigenvalue weighted by atomic mass is 35.5. The third-order valence-electron chi connectivity index (χ3n) is 6.46. The summed E-state index contributed by atoms with van der Waals surface area (Å²) in [5, 5.41) is 3.03. The van der Waals surface area contributed by atoms with Crippen LogP contribution >= 0.6 is 11.6 Å². The van der Waals surface area contributed by atoms with Gasteiger partial charge in [-0.3, -0.25) is 13.9 Å². The molecular weight excluding hydrogens is 550 g/mol. The smallest absolute Gasteiger partial charge is 0.264 e. The van der Waals surface area contributed by atoms with Crippen molar-refractivity contribution < 1.29 is 22.7 Å². The van der Waals surface area contributed by atoms with Crippen molar-refractivity contribution in [1.29, 1.82) is 0 Å². The quantitative estimate of drug-likeness (QED) is 0.319. The van der Waals surface area contributed by atoms with Gasteiger partial charge in [0.2, 0.25) is 11.8 Å². The number of sulfonamides is 1. The van der Waals surface area contributed by atoms with Crippen LogP contribution in [0.15, 0.2) is 71.6 Å².